The van der Waals surface area contributed by atoms with Gasteiger partial charge in [0.25, 0.3) is 11.6 Å². The molecule has 2 amide bonds. The third kappa shape index (κ3) is 5.32. The molecule has 0 aliphatic carbocycles. The summed E-state index contributed by atoms with van der Waals surface area (Å²) in [6.07, 6.45) is -3.66. The number of hydrogen-bond donors (Lipinski definition) is 1. The summed E-state index contributed by atoms with van der Waals surface area (Å²) in [5.74, 6) is -0.970. The molecule has 1 atom stereocenters. The summed E-state index contributed by atoms with van der Waals surface area (Å²) in [7, 11) is 0. The van der Waals surface area contributed by atoms with E-state index in [9.17, 15) is 32.9 Å². The Morgan fingerprint density at radius 1 is 1.26 bits per heavy atom. The van der Waals surface area contributed by atoms with Crippen molar-refractivity contribution in [2.75, 3.05) is 13.1 Å². The fraction of sp³-hybridized carbons (Fsp3) is 0.300. The van der Waals surface area contributed by atoms with Gasteiger partial charge in [-0.05, 0) is 30.2 Å². The summed E-state index contributed by atoms with van der Waals surface area (Å²) in [5, 5.41) is 13.5. The molecule has 0 aromatic heterocycles. The van der Waals surface area contributed by atoms with Crippen LogP contribution in [0.2, 0.25) is 5.02 Å². The van der Waals surface area contributed by atoms with Crippen molar-refractivity contribution in [3.63, 3.8) is 0 Å². The predicted molar refractivity (Wildman–Crippen MR) is 106 cm³/mol. The van der Waals surface area contributed by atoms with Crippen LogP contribution in [0.5, 0.6) is 0 Å². The van der Waals surface area contributed by atoms with Gasteiger partial charge >= 0.3 is 6.18 Å². The van der Waals surface area contributed by atoms with E-state index in [1.165, 1.54) is 23.1 Å². The third-order valence-electron chi connectivity index (χ3n) is 4.90. The standard InChI is InChI=1S/C20H17ClF3N3O4/c21-16-7-6-14(27(30)31)10-15(16)19(29)25-17(11-26-8-2-5-18(26)28)12-3-1-4-13(9-12)20(22,23)24/h1,3-4,6-7,9-10,17H,2,5,8,11H2,(H,25,29). The van der Waals surface area contributed by atoms with Crippen molar-refractivity contribution in [2.24, 2.45) is 0 Å². The second-order valence-electron chi connectivity index (χ2n) is 7.01. The van der Waals surface area contributed by atoms with E-state index in [-0.39, 0.29) is 34.3 Å². The zero-order chi connectivity index (χ0) is 22.8. The first-order valence-corrected chi connectivity index (χ1v) is 9.64. The highest BCUT2D eigenvalue weighted by Crippen LogP contribution is 2.31. The van der Waals surface area contributed by atoms with Crippen molar-refractivity contribution < 1.29 is 27.7 Å². The van der Waals surface area contributed by atoms with E-state index in [0.717, 1.165) is 24.3 Å². The number of carbonyl (C=O) groups excluding carboxylic acids is 2. The molecule has 1 aliphatic heterocycles. The number of alkyl halides is 3. The van der Waals surface area contributed by atoms with Crippen LogP contribution in [-0.2, 0) is 11.0 Å². The second kappa shape index (κ2) is 8.93. The van der Waals surface area contributed by atoms with Crippen LogP contribution >= 0.6 is 11.6 Å². The lowest BCUT2D eigenvalue weighted by atomic mass is 10.0. The van der Waals surface area contributed by atoms with Crippen molar-refractivity contribution in [2.45, 2.75) is 25.1 Å². The molecule has 1 saturated heterocycles. The zero-order valence-electron chi connectivity index (χ0n) is 16.0. The minimum Gasteiger partial charge on any atom is -0.343 e. The maximum atomic E-state index is 13.2. The molecule has 164 valence electrons. The molecule has 0 radical (unpaired) electrons. The number of likely N-dealkylation sites (tertiary alicyclic amines) is 1. The van der Waals surface area contributed by atoms with Crippen molar-refractivity contribution >= 4 is 29.1 Å². The molecule has 2 aromatic carbocycles. The molecule has 1 heterocycles. The van der Waals surface area contributed by atoms with E-state index in [2.05, 4.69) is 5.32 Å². The van der Waals surface area contributed by atoms with Gasteiger partial charge in [0.1, 0.15) is 0 Å². The van der Waals surface area contributed by atoms with Crippen LogP contribution < -0.4 is 5.32 Å². The number of nitrogens with zero attached hydrogens (tertiary/aromatic N) is 2. The summed E-state index contributed by atoms with van der Waals surface area (Å²) in [5.41, 5.74) is -1.31. The van der Waals surface area contributed by atoms with Gasteiger partial charge in [-0.1, -0.05) is 23.7 Å². The average molecular weight is 456 g/mol. The summed E-state index contributed by atoms with van der Waals surface area (Å²) in [4.78, 5) is 36.6. The molecule has 31 heavy (non-hydrogen) atoms. The first-order valence-electron chi connectivity index (χ1n) is 9.26. The zero-order valence-corrected chi connectivity index (χ0v) is 16.7. The highest BCUT2D eigenvalue weighted by atomic mass is 35.5. The molecule has 11 heteroatoms. The van der Waals surface area contributed by atoms with Crippen molar-refractivity contribution in [1.82, 2.24) is 10.2 Å². The summed E-state index contributed by atoms with van der Waals surface area (Å²) >= 11 is 6.01. The minimum absolute atomic E-state index is 0.0432. The highest BCUT2D eigenvalue weighted by molar-refractivity contribution is 6.34. The van der Waals surface area contributed by atoms with Gasteiger partial charge in [-0.2, -0.15) is 13.2 Å². The van der Waals surface area contributed by atoms with Gasteiger partial charge in [0.2, 0.25) is 5.91 Å². The van der Waals surface area contributed by atoms with Gasteiger partial charge in [0.15, 0.2) is 0 Å². The number of carbonyl (C=O) groups is 2. The number of nitro groups is 1. The fourth-order valence-corrected chi connectivity index (χ4v) is 3.52. The quantitative estimate of drug-likeness (QED) is 0.517. The number of amides is 2. The monoisotopic (exact) mass is 455 g/mol. The van der Waals surface area contributed by atoms with E-state index < -0.39 is 28.6 Å². The van der Waals surface area contributed by atoms with E-state index in [0.29, 0.717) is 19.4 Å². The Hall–Kier alpha value is -3.14. The van der Waals surface area contributed by atoms with Crippen LogP contribution in [0.15, 0.2) is 42.5 Å². The van der Waals surface area contributed by atoms with Crippen molar-refractivity contribution in [3.05, 3.63) is 74.3 Å². The second-order valence-corrected chi connectivity index (χ2v) is 7.42. The van der Waals surface area contributed by atoms with Gasteiger partial charge in [-0.15, -0.1) is 0 Å². The normalized spacial score (nSPS) is 15.1. The molecule has 1 aliphatic rings. The van der Waals surface area contributed by atoms with E-state index in [4.69, 9.17) is 11.6 Å². The number of benzene rings is 2. The first kappa shape index (κ1) is 22.5. The van der Waals surface area contributed by atoms with Crippen LogP contribution in [0.1, 0.15) is 40.4 Å². The fourth-order valence-electron chi connectivity index (χ4n) is 3.32. The summed E-state index contributed by atoms with van der Waals surface area (Å²) in [6.45, 7) is 0.375. The third-order valence-corrected chi connectivity index (χ3v) is 5.23. The number of nitrogens with one attached hydrogen (secondary N) is 1. The van der Waals surface area contributed by atoms with Crippen molar-refractivity contribution in [1.29, 1.82) is 0 Å². The maximum absolute atomic E-state index is 13.2. The SMILES string of the molecule is O=C(NC(CN1CCCC1=O)c1cccc(C(F)(F)F)c1)c1cc([N+](=O)[O-])ccc1Cl. The van der Waals surface area contributed by atoms with Gasteiger partial charge in [0, 0.05) is 31.6 Å². The highest BCUT2D eigenvalue weighted by Gasteiger charge is 2.32. The van der Waals surface area contributed by atoms with Gasteiger partial charge in [-0.3, -0.25) is 19.7 Å². The number of non-ortho nitro benzene ring substituents is 1. The molecule has 7 nitrogen and oxygen atoms in total. The van der Waals surface area contributed by atoms with Gasteiger partial charge in [0.05, 0.1) is 27.1 Å². The predicted octanol–water partition coefficient (Wildman–Crippen LogP) is 4.36. The lowest BCUT2D eigenvalue weighted by Gasteiger charge is -2.26. The van der Waals surface area contributed by atoms with Crippen LogP contribution in [0.4, 0.5) is 18.9 Å². The Bertz CT molecular complexity index is 1030. The van der Waals surface area contributed by atoms with Crippen molar-refractivity contribution in [3.8, 4) is 0 Å². The number of hydrogen-bond acceptors (Lipinski definition) is 4. The van der Waals surface area contributed by atoms with Crippen LogP contribution in [0.3, 0.4) is 0 Å². The lowest BCUT2D eigenvalue weighted by molar-refractivity contribution is -0.384. The maximum Gasteiger partial charge on any atom is 0.416 e. The van der Waals surface area contributed by atoms with Gasteiger partial charge in [-0.25, -0.2) is 0 Å². The Morgan fingerprint density at radius 2 is 2.00 bits per heavy atom. The summed E-state index contributed by atoms with van der Waals surface area (Å²) in [6, 6.07) is 6.76. The van der Waals surface area contributed by atoms with E-state index in [1.807, 2.05) is 0 Å². The molecule has 1 fully saturated rings. The average Bonchev–Trinajstić information content (AvgIpc) is 3.11. The Balaban J connectivity index is 1.94. The van der Waals surface area contributed by atoms with Gasteiger partial charge < -0.3 is 10.2 Å². The first-order chi connectivity index (χ1) is 14.6. The molecule has 1 N–H and O–H groups in total. The minimum atomic E-state index is -4.59. The van der Waals surface area contributed by atoms with Crippen LogP contribution in [0, 0.1) is 10.1 Å². The number of rotatable bonds is 6. The molecule has 0 spiro atoms. The number of nitro benzene ring substituents is 1. The largest absolute Gasteiger partial charge is 0.416 e. The Labute approximate surface area is 179 Å². The molecule has 2 aromatic rings. The smallest absolute Gasteiger partial charge is 0.343 e. The molecular weight excluding hydrogens is 439 g/mol. The molecule has 1 unspecified atom stereocenters. The number of halogens is 4. The molecule has 0 saturated carbocycles. The molecule has 0 bridgehead atoms. The summed E-state index contributed by atoms with van der Waals surface area (Å²) < 4.78 is 39.5. The van der Waals surface area contributed by atoms with E-state index in [1.54, 1.807) is 0 Å². The topological polar surface area (TPSA) is 92.6 Å². The van der Waals surface area contributed by atoms with Crippen LogP contribution in [-0.4, -0.2) is 34.7 Å². The Morgan fingerprint density at radius 3 is 2.61 bits per heavy atom. The van der Waals surface area contributed by atoms with Crippen LogP contribution in [0.25, 0.3) is 0 Å². The molecular formula is C20H17ClF3N3O4. The lowest BCUT2D eigenvalue weighted by Crippen LogP contribution is -2.38. The van der Waals surface area contributed by atoms with E-state index >= 15 is 0 Å². The molecule has 3 rings (SSSR count). The Kier molecular flexibility index (Phi) is 6.49.